The van der Waals surface area contributed by atoms with Gasteiger partial charge in [0.2, 0.25) is 0 Å². The maximum atomic E-state index is 4.23. The van der Waals surface area contributed by atoms with Crippen LogP contribution in [0.1, 0.15) is 50.9 Å². The van der Waals surface area contributed by atoms with Gasteiger partial charge >= 0.3 is 0 Å². The number of aromatic nitrogens is 2. The second kappa shape index (κ2) is 3.30. The monoisotopic (exact) mass is 165 g/mol. The van der Waals surface area contributed by atoms with Gasteiger partial charge in [0.25, 0.3) is 0 Å². The predicted octanol–water partition coefficient (Wildman–Crippen LogP) is 2.70. The Hall–Kier alpha value is -0.790. The minimum absolute atomic E-state index is 0.437. The van der Waals surface area contributed by atoms with Crippen LogP contribution in [0, 0.1) is 13.1 Å². The Balaban J connectivity index is 3.12. The molecule has 12 heavy (non-hydrogen) atoms. The van der Waals surface area contributed by atoms with Crippen molar-refractivity contribution in [3.8, 4) is 0 Å². The maximum absolute atomic E-state index is 4.23. The van der Waals surface area contributed by atoms with E-state index in [1.54, 1.807) is 0 Å². The van der Waals surface area contributed by atoms with E-state index < -0.39 is 0 Å². The van der Waals surface area contributed by atoms with Crippen LogP contribution in [0.5, 0.6) is 0 Å². The number of hydrogen-bond donors (Lipinski definition) is 0. The molecule has 1 aromatic rings. The first-order valence-electron chi connectivity index (χ1n) is 4.50. The lowest BCUT2D eigenvalue weighted by Gasteiger charge is -2.14. The van der Waals surface area contributed by atoms with E-state index in [1.165, 1.54) is 11.3 Å². The lowest BCUT2D eigenvalue weighted by atomic mass is 10.1. The van der Waals surface area contributed by atoms with Gasteiger partial charge < -0.3 is 0 Å². The Labute approximate surface area is 74.6 Å². The summed E-state index contributed by atoms with van der Waals surface area (Å²) in [4.78, 5) is 0. The summed E-state index contributed by atoms with van der Waals surface area (Å²) < 4.78 is 2.06. The molecule has 0 aliphatic rings. The molecule has 0 aliphatic heterocycles. The molecule has 1 heterocycles. The quantitative estimate of drug-likeness (QED) is 0.658. The van der Waals surface area contributed by atoms with Gasteiger partial charge in [-0.05, 0) is 26.7 Å². The lowest BCUT2D eigenvalue weighted by molar-refractivity contribution is 0.496. The minimum Gasteiger partial charge on any atom is -0.266 e. The van der Waals surface area contributed by atoms with Crippen LogP contribution in [0.4, 0.5) is 0 Å². The third-order valence-corrected chi connectivity index (χ3v) is 1.99. The van der Waals surface area contributed by atoms with Gasteiger partial charge in [-0.25, -0.2) is 0 Å². The topological polar surface area (TPSA) is 17.8 Å². The van der Waals surface area contributed by atoms with Crippen molar-refractivity contribution in [2.24, 2.45) is 0 Å². The van der Waals surface area contributed by atoms with Crippen molar-refractivity contribution in [1.82, 2.24) is 9.78 Å². The second-order valence-corrected chi connectivity index (χ2v) is 3.82. The highest BCUT2D eigenvalue weighted by Gasteiger charge is 2.12. The smallest absolute Gasteiger partial charge is 0.116 e. The van der Waals surface area contributed by atoms with E-state index in [9.17, 15) is 0 Å². The van der Waals surface area contributed by atoms with Crippen LogP contribution in [0.2, 0.25) is 0 Å². The highest BCUT2D eigenvalue weighted by Crippen LogP contribution is 2.20. The van der Waals surface area contributed by atoms with Crippen molar-refractivity contribution in [1.29, 1.82) is 0 Å². The van der Waals surface area contributed by atoms with Crippen molar-refractivity contribution in [2.45, 2.75) is 46.6 Å². The van der Waals surface area contributed by atoms with E-state index in [0.29, 0.717) is 12.0 Å². The summed E-state index contributed by atoms with van der Waals surface area (Å²) in [7, 11) is 0. The zero-order chi connectivity index (χ0) is 9.30. The minimum atomic E-state index is 0.437. The average Bonchev–Trinajstić information content (AvgIpc) is 2.30. The molecule has 0 aliphatic carbocycles. The Kier molecular flexibility index (Phi) is 2.55. The van der Waals surface area contributed by atoms with E-state index in [-0.39, 0.29) is 0 Å². The highest BCUT2D eigenvalue weighted by molar-refractivity contribution is 5.18. The van der Waals surface area contributed by atoms with E-state index in [0.717, 1.165) is 0 Å². The summed E-state index contributed by atoms with van der Waals surface area (Å²) in [5.41, 5.74) is 2.49. The first kappa shape index (κ1) is 9.30. The fourth-order valence-corrected chi connectivity index (χ4v) is 1.50. The van der Waals surface area contributed by atoms with Gasteiger partial charge in [-0.15, -0.1) is 0 Å². The van der Waals surface area contributed by atoms with Gasteiger partial charge in [-0.2, -0.15) is 5.10 Å². The van der Waals surface area contributed by atoms with Crippen LogP contribution in [-0.2, 0) is 0 Å². The van der Waals surface area contributed by atoms with Crippen molar-refractivity contribution in [3.63, 3.8) is 0 Å². The number of hydrogen-bond acceptors (Lipinski definition) is 1. The number of nitrogens with zero attached hydrogens (tertiary/aromatic N) is 2. The molecule has 0 saturated heterocycles. The van der Waals surface area contributed by atoms with E-state index >= 15 is 0 Å². The van der Waals surface area contributed by atoms with Gasteiger partial charge in [0.1, 0.15) is 6.20 Å². The van der Waals surface area contributed by atoms with Gasteiger partial charge in [0.05, 0.1) is 0 Å². The standard InChI is InChI=1S/C10H17N2/c1-7(2)10-9(5)6-11-12(10)8(3)4/h7-8H,1-5H3. The third kappa shape index (κ3) is 1.52. The molecule has 0 spiro atoms. The molecule has 1 aromatic heterocycles. The van der Waals surface area contributed by atoms with Crippen molar-refractivity contribution >= 4 is 0 Å². The molecule has 0 aromatic carbocycles. The fraction of sp³-hybridized carbons (Fsp3) is 0.700. The van der Waals surface area contributed by atoms with Gasteiger partial charge in [-0.1, -0.05) is 13.8 Å². The first-order chi connectivity index (χ1) is 5.54. The summed E-state index contributed by atoms with van der Waals surface area (Å²) in [6.07, 6.45) is 3.01. The van der Waals surface area contributed by atoms with E-state index in [4.69, 9.17) is 0 Å². The van der Waals surface area contributed by atoms with Crippen LogP contribution < -0.4 is 0 Å². The van der Waals surface area contributed by atoms with Gasteiger partial charge in [-0.3, -0.25) is 4.68 Å². The summed E-state index contributed by atoms with van der Waals surface area (Å²) in [6.45, 7) is 10.7. The van der Waals surface area contributed by atoms with Crippen molar-refractivity contribution < 1.29 is 0 Å². The molecule has 0 N–H and O–H groups in total. The second-order valence-electron chi connectivity index (χ2n) is 3.82. The lowest BCUT2D eigenvalue weighted by Crippen LogP contribution is -2.09. The fourth-order valence-electron chi connectivity index (χ4n) is 1.50. The first-order valence-corrected chi connectivity index (χ1v) is 4.50. The highest BCUT2D eigenvalue weighted by atomic mass is 15.3. The summed E-state index contributed by atoms with van der Waals surface area (Å²) in [5.74, 6) is 0.533. The summed E-state index contributed by atoms with van der Waals surface area (Å²) >= 11 is 0. The van der Waals surface area contributed by atoms with Gasteiger partial charge in [0.15, 0.2) is 0 Å². The van der Waals surface area contributed by atoms with E-state index in [1.807, 2.05) is 0 Å². The van der Waals surface area contributed by atoms with Crippen LogP contribution >= 0.6 is 0 Å². The normalized spacial score (nSPS) is 11.6. The molecule has 0 atom stereocenters. The zero-order valence-corrected chi connectivity index (χ0v) is 8.55. The van der Waals surface area contributed by atoms with Gasteiger partial charge in [0, 0.05) is 17.3 Å². The molecule has 2 heteroatoms. The molecule has 2 nitrogen and oxygen atoms in total. The molecule has 0 unspecified atom stereocenters. The SMILES string of the molecule is Cc1[c]nn(C(C)C)c1C(C)C. The predicted molar refractivity (Wildman–Crippen MR) is 50.3 cm³/mol. The Morgan fingerprint density at radius 2 is 1.83 bits per heavy atom. The summed E-state index contributed by atoms with van der Waals surface area (Å²) in [6, 6.07) is 0.437. The molecular weight excluding hydrogens is 148 g/mol. The molecular formula is C10H17N2. The largest absolute Gasteiger partial charge is 0.266 e. The Morgan fingerprint density at radius 1 is 1.25 bits per heavy atom. The van der Waals surface area contributed by atoms with Crippen LogP contribution in [0.15, 0.2) is 0 Å². The molecule has 0 bridgehead atoms. The molecule has 67 valence electrons. The molecule has 1 radical (unpaired) electrons. The molecule has 0 saturated carbocycles. The maximum Gasteiger partial charge on any atom is 0.116 e. The Bertz CT molecular complexity index is 259. The van der Waals surface area contributed by atoms with Crippen molar-refractivity contribution in [2.75, 3.05) is 0 Å². The zero-order valence-electron chi connectivity index (χ0n) is 8.55. The Morgan fingerprint density at radius 3 is 2.17 bits per heavy atom. The number of aryl methyl sites for hydroxylation is 1. The third-order valence-electron chi connectivity index (χ3n) is 1.99. The van der Waals surface area contributed by atoms with Crippen LogP contribution in [0.25, 0.3) is 0 Å². The molecule has 0 fully saturated rings. The molecule has 0 amide bonds. The van der Waals surface area contributed by atoms with Crippen LogP contribution in [-0.4, -0.2) is 9.78 Å². The molecule has 1 rings (SSSR count). The van der Waals surface area contributed by atoms with E-state index in [2.05, 4.69) is 50.6 Å². The summed E-state index contributed by atoms with van der Waals surface area (Å²) in [5, 5.41) is 4.23. The number of rotatable bonds is 2. The van der Waals surface area contributed by atoms with Crippen LogP contribution in [0.3, 0.4) is 0 Å². The van der Waals surface area contributed by atoms with Crippen molar-refractivity contribution in [3.05, 3.63) is 17.5 Å². The average molecular weight is 165 g/mol.